The number of nitrogens with zero attached hydrogens (tertiary/aromatic N) is 1. The van der Waals surface area contributed by atoms with Crippen LogP contribution in [0.2, 0.25) is 5.02 Å². The molecule has 0 saturated carbocycles. The van der Waals surface area contributed by atoms with Gasteiger partial charge < -0.3 is 14.2 Å². The zero-order chi connectivity index (χ0) is 19.8. The lowest BCUT2D eigenvalue weighted by atomic mass is 10.2. The molecule has 144 valence electrons. The molecule has 3 rings (SSSR count). The molecule has 0 aliphatic carbocycles. The van der Waals surface area contributed by atoms with Crippen LogP contribution in [0, 0.1) is 0 Å². The maximum absolute atomic E-state index is 5.91. The van der Waals surface area contributed by atoms with Gasteiger partial charge in [0.2, 0.25) is 0 Å². The maximum Gasteiger partial charge on any atom is 0.161 e. The van der Waals surface area contributed by atoms with E-state index in [2.05, 4.69) is 4.99 Å². The quantitative estimate of drug-likeness (QED) is 0.434. The fourth-order valence-electron chi connectivity index (χ4n) is 2.57. The van der Waals surface area contributed by atoms with Crippen molar-refractivity contribution in [1.82, 2.24) is 0 Å². The Balaban J connectivity index is 1.67. The van der Waals surface area contributed by atoms with Crippen LogP contribution >= 0.6 is 11.6 Å². The fourth-order valence-corrected chi connectivity index (χ4v) is 2.70. The van der Waals surface area contributed by atoms with Crippen LogP contribution in [-0.2, 0) is 6.61 Å². The summed E-state index contributed by atoms with van der Waals surface area (Å²) < 4.78 is 16.8. The molecule has 0 spiro atoms. The summed E-state index contributed by atoms with van der Waals surface area (Å²) in [4.78, 5) is 4.50. The van der Waals surface area contributed by atoms with Gasteiger partial charge in [-0.2, -0.15) is 0 Å². The summed E-state index contributed by atoms with van der Waals surface area (Å²) in [6, 6.07) is 20.9. The Morgan fingerprint density at radius 3 is 2.32 bits per heavy atom. The number of halogens is 1. The van der Waals surface area contributed by atoms with Crippen LogP contribution in [0.25, 0.3) is 0 Å². The van der Waals surface area contributed by atoms with Gasteiger partial charge in [0.15, 0.2) is 11.5 Å². The second-order valence-corrected chi connectivity index (χ2v) is 6.45. The van der Waals surface area contributed by atoms with E-state index in [1.54, 1.807) is 13.3 Å². The van der Waals surface area contributed by atoms with Crippen molar-refractivity contribution in [3.8, 4) is 17.2 Å². The van der Waals surface area contributed by atoms with Gasteiger partial charge in [0.25, 0.3) is 0 Å². The van der Waals surface area contributed by atoms with Gasteiger partial charge in [-0.05, 0) is 72.6 Å². The summed E-state index contributed by atoms with van der Waals surface area (Å²) in [6.45, 7) is 3.05. The van der Waals surface area contributed by atoms with Crippen molar-refractivity contribution in [2.24, 2.45) is 4.99 Å². The normalized spacial score (nSPS) is 10.8. The van der Waals surface area contributed by atoms with Crippen molar-refractivity contribution in [2.75, 3.05) is 13.7 Å². The minimum atomic E-state index is 0.438. The Morgan fingerprint density at radius 1 is 0.893 bits per heavy atom. The number of ether oxygens (including phenoxy) is 3. The van der Waals surface area contributed by atoms with Gasteiger partial charge >= 0.3 is 0 Å². The van der Waals surface area contributed by atoms with Crippen LogP contribution in [-0.4, -0.2) is 19.9 Å². The van der Waals surface area contributed by atoms with Crippen LogP contribution in [0.3, 0.4) is 0 Å². The highest BCUT2D eigenvalue weighted by Crippen LogP contribution is 2.29. The topological polar surface area (TPSA) is 40.0 Å². The average molecular weight is 396 g/mol. The lowest BCUT2D eigenvalue weighted by molar-refractivity contribution is 0.284. The van der Waals surface area contributed by atoms with Crippen LogP contribution in [0.1, 0.15) is 18.1 Å². The van der Waals surface area contributed by atoms with Crippen LogP contribution in [0.4, 0.5) is 5.69 Å². The van der Waals surface area contributed by atoms with Crippen molar-refractivity contribution in [3.63, 3.8) is 0 Å². The van der Waals surface area contributed by atoms with E-state index in [4.69, 9.17) is 25.8 Å². The minimum Gasteiger partial charge on any atom is -0.494 e. The summed E-state index contributed by atoms with van der Waals surface area (Å²) in [7, 11) is 1.62. The summed E-state index contributed by atoms with van der Waals surface area (Å²) in [5, 5.41) is 0.706. The second kappa shape index (κ2) is 9.81. The molecule has 0 aliphatic heterocycles. The van der Waals surface area contributed by atoms with Gasteiger partial charge in [-0.3, -0.25) is 4.99 Å². The third-order valence-corrected chi connectivity index (χ3v) is 4.26. The number of benzene rings is 3. The van der Waals surface area contributed by atoms with Crippen LogP contribution in [0.5, 0.6) is 17.2 Å². The first-order chi connectivity index (χ1) is 13.7. The van der Waals surface area contributed by atoms with Gasteiger partial charge in [0, 0.05) is 11.2 Å². The molecular formula is C23H22ClNO3. The van der Waals surface area contributed by atoms with E-state index >= 15 is 0 Å². The van der Waals surface area contributed by atoms with E-state index in [0.29, 0.717) is 29.7 Å². The van der Waals surface area contributed by atoms with E-state index < -0.39 is 0 Å². The Morgan fingerprint density at radius 2 is 1.64 bits per heavy atom. The maximum atomic E-state index is 5.91. The molecule has 0 N–H and O–H groups in total. The van der Waals surface area contributed by atoms with Crippen molar-refractivity contribution in [3.05, 3.63) is 82.9 Å². The van der Waals surface area contributed by atoms with Gasteiger partial charge in [-0.25, -0.2) is 0 Å². The van der Waals surface area contributed by atoms with Crippen molar-refractivity contribution < 1.29 is 14.2 Å². The smallest absolute Gasteiger partial charge is 0.161 e. The average Bonchev–Trinajstić information content (AvgIpc) is 2.73. The van der Waals surface area contributed by atoms with E-state index in [0.717, 1.165) is 22.6 Å². The Labute approximate surface area is 170 Å². The molecular weight excluding hydrogens is 374 g/mol. The predicted octanol–water partition coefficient (Wildman–Crippen LogP) is 6.08. The monoisotopic (exact) mass is 395 g/mol. The molecule has 0 bridgehead atoms. The van der Waals surface area contributed by atoms with Gasteiger partial charge in [-0.15, -0.1) is 0 Å². The molecule has 28 heavy (non-hydrogen) atoms. The first kappa shape index (κ1) is 19.8. The first-order valence-electron chi connectivity index (χ1n) is 9.00. The largest absolute Gasteiger partial charge is 0.494 e. The van der Waals surface area contributed by atoms with Gasteiger partial charge in [0.05, 0.1) is 19.4 Å². The van der Waals surface area contributed by atoms with E-state index in [1.165, 1.54) is 0 Å². The third kappa shape index (κ3) is 5.51. The molecule has 0 aliphatic rings. The van der Waals surface area contributed by atoms with Gasteiger partial charge in [-0.1, -0.05) is 23.7 Å². The van der Waals surface area contributed by atoms with Crippen molar-refractivity contribution in [1.29, 1.82) is 0 Å². The molecule has 0 heterocycles. The zero-order valence-corrected chi connectivity index (χ0v) is 16.6. The second-order valence-electron chi connectivity index (χ2n) is 6.01. The number of hydrogen-bond acceptors (Lipinski definition) is 4. The molecule has 0 radical (unpaired) electrons. The number of aliphatic imine (C=N–C) groups is 1. The predicted molar refractivity (Wildman–Crippen MR) is 114 cm³/mol. The van der Waals surface area contributed by atoms with Crippen LogP contribution < -0.4 is 14.2 Å². The van der Waals surface area contributed by atoms with Gasteiger partial charge in [0.1, 0.15) is 12.4 Å². The molecule has 3 aromatic rings. The SMILES string of the molecule is CCOc1ccc(N=Cc2ccc(OCc3ccc(Cl)cc3)c(OC)c2)cc1. The Hall–Kier alpha value is -2.98. The summed E-state index contributed by atoms with van der Waals surface area (Å²) in [5.74, 6) is 2.17. The molecule has 0 aromatic heterocycles. The number of methoxy groups -OCH3 is 1. The molecule has 0 fully saturated rings. The summed E-state index contributed by atoms with van der Waals surface area (Å²) in [5.41, 5.74) is 2.81. The Bertz CT molecular complexity index is 922. The molecule has 5 heteroatoms. The zero-order valence-electron chi connectivity index (χ0n) is 15.9. The number of hydrogen-bond donors (Lipinski definition) is 0. The standard InChI is InChI=1S/C23H22ClNO3/c1-3-27-21-11-9-20(10-12-21)25-15-18-6-13-22(23(14-18)26-2)28-16-17-4-7-19(24)8-5-17/h4-15H,3,16H2,1-2H3. The van der Waals surface area contributed by atoms with Crippen molar-refractivity contribution >= 4 is 23.5 Å². The highest BCUT2D eigenvalue weighted by Gasteiger charge is 2.06. The first-order valence-corrected chi connectivity index (χ1v) is 9.38. The van der Waals surface area contributed by atoms with E-state index in [9.17, 15) is 0 Å². The summed E-state index contributed by atoms with van der Waals surface area (Å²) >= 11 is 5.91. The van der Waals surface area contributed by atoms with E-state index in [-0.39, 0.29) is 0 Å². The van der Waals surface area contributed by atoms with Crippen LogP contribution in [0.15, 0.2) is 71.7 Å². The lowest BCUT2D eigenvalue weighted by Gasteiger charge is -2.11. The molecule has 0 saturated heterocycles. The van der Waals surface area contributed by atoms with E-state index in [1.807, 2.05) is 73.7 Å². The fraction of sp³-hybridized carbons (Fsp3) is 0.174. The number of rotatable bonds is 8. The summed E-state index contributed by atoms with van der Waals surface area (Å²) in [6.07, 6.45) is 1.79. The molecule has 4 nitrogen and oxygen atoms in total. The molecule has 3 aromatic carbocycles. The third-order valence-electron chi connectivity index (χ3n) is 4.01. The highest BCUT2D eigenvalue weighted by atomic mass is 35.5. The Kier molecular flexibility index (Phi) is 6.93. The van der Waals surface area contributed by atoms with Crippen molar-refractivity contribution in [2.45, 2.75) is 13.5 Å². The minimum absolute atomic E-state index is 0.438. The highest BCUT2D eigenvalue weighted by molar-refractivity contribution is 6.30. The lowest BCUT2D eigenvalue weighted by Crippen LogP contribution is -1.98. The molecule has 0 atom stereocenters. The molecule has 0 amide bonds. The molecule has 0 unspecified atom stereocenters.